The monoisotopic (exact) mass is 394 g/mol. The van der Waals surface area contributed by atoms with Gasteiger partial charge in [-0.1, -0.05) is 39.7 Å². The molecule has 0 heterocycles. The summed E-state index contributed by atoms with van der Waals surface area (Å²) in [6.45, 7) is 0.883. The average molecular weight is 396 g/mol. The van der Waals surface area contributed by atoms with Gasteiger partial charge in [0.05, 0.1) is 6.04 Å². The number of hydrogen-bond acceptors (Lipinski definition) is 2. The van der Waals surface area contributed by atoms with Crippen LogP contribution in [0.25, 0.3) is 0 Å². The van der Waals surface area contributed by atoms with Crippen LogP contribution in [-0.4, -0.2) is 31.4 Å². The van der Waals surface area contributed by atoms with Gasteiger partial charge in [-0.3, -0.25) is 4.79 Å². The quantitative estimate of drug-likeness (QED) is 0.779. The molecule has 0 bridgehead atoms. The predicted molar refractivity (Wildman–Crippen MR) is 99.0 cm³/mol. The van der Waals surface area contributed by atoms with E-state index in [9.17, 15) is 4.79 Å². The fraction of sp³-hybridized carbons (Fsp3) is 0.278. The van der Waals surface area contributed by atoms with E-state index < -0.39 is 0 Å². The van der Waals surface area contributed by atoms with E-state index in [1.165, 1.54) is 0 Å². The lowest BCUT2D eigenvalue weighted by molar-refractivity contribution is 0.0932. The van der Waals surface area contributed by atoms with Crippen LogP contribution in [-0.2, 0) is 0 Å². The molecular formula is C18H20BrClN2O. The summed E-state index contributed by atoms with van der Waals surface area (Å²) in [5, 5.41) is 3.81. The van der Waals surface area contributed by atoms with Gasteiger partial charge in [0.15, 0.2) is 0 Å². The molecule has 0 saturated heterocycles. The van der Waals surface area contributed by atoms with Gasteiger partial charge in [-0.05, 0) is 69.0 Å². The van der Waals surface area contributed by atoms with Crippen LogP contribution < -0.4 is 5.32 Å². The van der Waals surface area contributed by atoms with E-state index >= 15 is 0 Å². The number of carbonyl (C=O) groups is 1. The maximum atomic E-state index is 12.5. The van der Waals surface area contributed by atoms with Gasteiger partial charge in [0.1, 0.15) is 0 Å². The van der Waals surface area contributed by atoms with Gasteiger partial charge >= 0.3 is 0 Å². The molecule has 23 heavy (non-hydrogen) atoms. The molecule has 2 aromatic carbocycles. The molecule has 2 aromatic rings. The summed E-state index contributed by atoms with van der Waals surface area (Å²) in [4.78, 5) is 14.6. The van der Waals surface area contributed by atoms with E-state index in [4.69, 9.17) is 11.6 Å². The number of benzene rings is 2. The highest BCUT2D eigenvalue weighted by atomic mass is 79.9. The van der Waals surface area contributed by atoms with Crippen molar-refractivity contribution in [1.29, 1.82) is 0 Å². The van der Waals surface area contributed by atoms with Crippen molar-refractivity contribution in [3.63, 3.8) is 0 Å². The average Bonchev–Trinajstić information content (AvgIpc) is 2.52. The summed E-state index contributed by atoms with van der Waals surface area (Å²) in [5.41, 5.74) is 1.71. The summed E-state index contributed by atoms with van der Waals surface area (Å²) in [6, 6.07) is 14.9. The van der Waals surface area contributed by atoms with Gasteiger partial charge in [-0.25, -0.2) is 0 Å². The molecule has 0 saturated carbocycles. The molecule has 5 heteroatoms. The maximum absolute atomic E-state index is 12.5. The molecule has 3 nitrogen and oxygen atoms in total. The number of halogens is 2. The Bertz CT molecular complexity index is 641. The van der Waals surface area contributed by atoms with Crippen molar-refractivity contribution < 1.29 is 4.79 Å². The first-order valence-corrected chi connectivity index (χ1v) is 8.59. The van der Waals surface area contributed by atoms with Gasteiger partial charge in [-0.15, -0.1) is 0 Å². The minimum absolute atomic E-state index is 0.0502. The van der Waals surface area contributed by atoms with Crippen LogP contribution in [0.3, 0.4) is 0 Å². The summed E-state index contributed by atoms with van der Waals surface area (Å²) >= 11 is 9.34. The van der Waals surface area contributed by atoms with Crippen LogP contribution in [0.1, 0.15) is 28.4 Å². The topological polar surface area (TPSA) is 32.3 Å². The Labute approximate surface area is 150 Å². The van der Waals surface area contributed by atoms with Crippen LogP contribution in [0.4, 0.5) is 0 Å². The Hall–Kier alpha value is -1.36. The Morgan fingerprint density at radius 2 is 1.74 bits per heavy atom. The molecule has 1 amide bonds. The third-order valence-electron chi connectivity index (χ3n) is 3.55. The van der Waals surface area contributed by atoms with Crippen LogP contribution in [0, 0.1) is 0 Å². The van der Waals surface area contributed by atoms with E-state index in [-0.39, 0.29) is 11.9 Å². The fourth-order valence-electron chi connectivity index (χ4n) is 2.25. The summed E-state index contributed by atoms with van der Waals surface area (Å²) in [6.07, 6.45) is 0.830. The van der Waals surface area contributed by atoms with Crippen LogP contribution in [0.15, 0.2) is 53.0 Å². The van der Waals surface area contributed by atoms with Crippen molar-refractivity contribution in [3.05, 3.63) is 69.2 Å². The predicted octanol–water partition coefficient (Wildman–Crippen LogP) is 4.53. The minimum atomic E-state index is -0.0730. The van der Waals surface area contributed by atoms with Crippen molar-refractivity contribution in [3.8, 4) is 0 Å². The Morgan fingerprint density at radius 3 is 2.30 bits per heavy atom. The van der Waals surface area contributed by atoms with E-state index in [2.05, 4.69) is 26.1 Å². The smallest absolute Gasteiger partial charge is 0.251 e. The second kappa shape index (κ2) is 8.48. The van der Waals surface area contributed by atoms with E-state index in [1.807, 2.05) is 62.6 Å². The molecule has 0 aromatic heterocycles. The second-order valence-corrected chi connectivity index (χ2v) is 7.03. The van der Waals surface area contributed by atoms with E-state index in [0.29, 0.717) is 10.6 Å². The highest BCUT2D eigenvalue weighted by Crippen LogP contribution is 2.20. The molecule has 0 radical (unpaired) electrons. The number of carbonyl (C=O) groups excluding carboxylic acids is 1. The molecule has 0 spiro atoms. The SMILES string of the molecule is CN(C)CCC(NC(=O)c1ccc(Br)cc1)c1ccc(Cl)cc1. The Morgan fingerprint density at radius 1 is 1.13 bits per heavy atom. The number of nitrogens with one attached hydrogen (secondary N) is 1. The second-order valence-electron chi connectivity index (χ2n) is 5.68. The van der Waals surface area contributed by atoms with Crippen molar-refractivity contribution >= 4 is 33.4 Å². The van der Waals surface area contributed by atoms with Crippen LogP contribution in [0.2, 0.25) is 5.02 Å². The van der Waals surface area contributed by atoms with Crippen LogP contribution >= 0.6 is 27.5 Å². The van der Waals surface area contributed by atoms with Gasteiger partial charge in [0.25, 0.3) is 5.91 Å². The van der Waals surface area contributed by atoms with E-state index in [1.54, 1.807) is 0 Å². The standard InChI is InChI=1S/C18H20BrClN2O/c1-22(2)12-11-17(13-5-9-16(20)10-6-13)21-18(23)14-3-7-15(19)8-4-14/h3-10,17H,11-12H2,1-2H3,(H,21,23). The first-order chi connectivity index (χ1) is 11.0. The molecule has 0 fully saturated rings. The summed E-state index contributed by atoms with van der Waals surface area (Å²) in [5.74, 6) is -0.0730. The Balaban J connectivity index is 2.14. The molecule has 2 rings (SSSR count). The molecule has 0 aliphatic rings. The largest absolute Gasteiger partial charge is 0.345 e. The lowest BCUT2D eigenvalue weighted by Gasteiger charge is -2.21. The van der Waals surface area contributed by atoms with Crippen molar-refractivity contribution in [2.75, 3.05) is 20.6 Å². The molecule has 0 aliphatic heterocycles. The maximum Gasteiger partial charge on any atom is 0.251 e. The summed E-state index contributed by atoms with van der Waals surface area (Å²) < 4.78 is 0.955. The third-order valence-corrected chi connectivity index (χ3v) is 4.33. The molecular weight excluding hydrogens is 376 g/mol. The lowest BCUT2D eigenvalue weighted by atomic mass is 10.0. The molecule has 1 unspecified atom stereocenters. The lowest BCUT2D eigenvalue weighted by Crippen LogP contribution is -2.31. The van der Waals surface area contributed by atoms with Crippen LogP contribution in [0.5, 0.6) is 0 Å². The molecule has 1 N–H and O–H groups in total. The normalized spacial score (nSPS) is 12.2. The van der Waals surface area contributed by atoms with Crippen molar-refractivity contribution in [1.82, 2.24) is 10.2 Å². The van der Waals surface area contributed by atoms with Gasteiger partial charge in [0.2, 0.25) is 0 Å². The summed E-state index contributed by atoms with van der Waals surface area (Å²) in [7, 11) is 4.05. The highest BCUT2D eigenvalue weighted by molar-refractivity contribution is 9.10. The zero-order chi connectivity index (χ0) is 16.8. The molecule has 1 atom stereocenters. The number of rotatable bonds is 6. The highest BCUT2D eigenvalue weighted by Gasteiger charge is 2.16. The minimum Gasteiger partial charge on any atom is -0.345 e. The third kappa shape index (κ3) is 5.65. The number of amides is 1. The first-order valence-electron chi connectivity index (χ1n) is 7.42. The molecule has 0 aliphatic carbocycles. The zero-order valence-electron chi connectivity index (χ0n) is 13.2. The van der Waals surface area contributed by atoms with Gasteiger partial charge < -0.3 is 10.2 Å². The van der Waals surface area contributed by atoms with Gasteiger partial charge in [0, 0.05) is 15.1 Å². The fourth-order valence-corrected chi connectivity index (χ4v) is 2.64. The molecule has 122 valence electrons. The number of nitrogens with zero attached hydrogens (tertiary/aromatic N) is 1. The Kier molecular flexibility index (Phi) is 6.63. The van der Waals surface area contributed by atoms with E-state index in [0.717, 1.165) is 23.0 Å². The van der Waals surface area contributed by atoms with Crippen molar-refractivity contribution in [2.24, 2.45) is 0 Å². The van der Waals surface area contributed by atoms with Gasteiger partial charge in [-0.2, -0.15) is 0 Å². The number of hydrogen-bond donors (Lipinski definition) is 1. The van der Waals surface area contributed by atoms with Crippen molar-refractivity contribution in [2.45, 2.75) is 12.5 Å². The first kappa shape index (κ1) is 18.0. The zero-order valence-corrected chi connectivity index (χ0v) is 15.6.